The lowest BCUT2D eigenvalue weighted by atomic mass is 10.1. The van der Waals surface area contributed by atoms with Gasteiger partial charge in [0.15, 0.2) is 0 Å². The minimum absolute atomic E-state index is 0.0341. The lowest BCUT2D eigenvalue weighted by Gasteiger charge is -2.14. The Kier molecular flexibility index (Phi) is 8.14. The predicted molar refractivity (Wildman–Crippen MR) is 127 cm³/mol. The second-order valence-corrected chi connectivity index (χ2v) is 8.63. The first-order valence-electron chi connectivity index (χ1n) is 9.76. The van der Waals surface area contributed by atoms with Crippen LogP contribution in [0.4, 0.5) is 14.5 Å². The number of benzene rings is 2. The van der Waals surface area contributed by atoms with Crippen LogP contribution >= 0.6 is 24.0 Å². The second-order valence-electron chi connectivity index (χ2n) is 6.96. The van der Waals surface area contributed by atoms with Gasteiger partial charge in [-0.2, -0.15) is 8.78 Å². The van der Waals surface area contributed by atoms with Gasteiger partial charge in [-0.25, -0.2) is 9.59 Å². The highest BCUT2D eigenvalue weighted by Crippen LogP contribution is 2.34. The molecule has 1 heterocycles. The Labute approximate surface area is 206 Å². The molecule has 0 radical (unpaired) electrons. The number of carbonyl (C=O) groups is 4. The standard InChI is InChI=1S/C22H16F2N2O7S2/c23-21(24)33-15-4-2-1-3-11(15)10-16-18(28)26(22(34)35-16)6-5-17(27)25-14-8-12(19(29)30)7-13(9-14)20(31)32/h1-4,7-10,21H,5-6H2,(H,25,27)(H,29,30)(H,31,32)/b16-10-. The van der Waals surface area contributed by atoms with Crippen LogP contribution in [0, 0.1) is 0 Å². The van der Waals surface area contributed by atoms with Gasteiger partial charge < -0.3 is 20.3 Å². The molecular weight excluding hydrogens is 506 g/mol. The van der Waals surface area contributed by atoms with E-state index >= 15 is 0 Å². The van der Waals surface area contributed by atoms with E-state index in [0.717, 1.165) is 30.0 Å². The number of thiocarbonyl (C=S) groups is 1. The first kappa shape index (κ1) is 25.8. The number of hydrogen-bond acceptors (Lipinski definition) is 7. The molecule has 0 unspecified atom stereocenters. The van der Waals surface area contributed by atoms with Gasteiger partial charge in [-0.1, -0.05) is 42.2 Å². The van der Waals surface area contributed by atoms with Gasteiger partial charge in [0.05, 0.1) is 16.0 Å². The maximum absolute atomic E-state index is 12.8. The highest BCUT2D eigenvalue weighted by molar-refractivity contribution is 8.26. The average molecular weight is 523 g/mol. The SMILES string of the molecule is O=C(CCN1C(=O)/C(=C/c2ccccc2OC(F)F)SC1=S)Nc1cc(C(=O)O)cc(C(=O)O)c1. The van der Waals surface area contributed by atoms with E-state index in [0.29, 0.717) is 0 Å². The van der Waals surface area contributed by atoms with Crippen molar-refractivity contribution in [3.8, 4) is 5.75 Å². The van der Waals surface area contributed by atoms with Gasteiger partial charge in [-0.3, -0.25) is 14.5 Å². The van der Waals surface area contributed by atoms with E-state index in [4.69, 9.17) is 22.4 Å². The summed E-state index contributed by atoms with van der Waals surface area (Å²) in [6.07, 6.45) is 1.13. The molecule has 0 aromatic heterocycles. The Bertz CT molecular complexity index is 1220. The number of anilines is 1. The summed E-state index contributed by atoms with van der Waals surface area (Å²) in [5, 5.41) is 20.7. The van der Waals surface area contributed by atoms with Crippen LogP contribution in [0.25, 0.3) is 6.08 Å². The summed E-state index contributed by atoms with van der Waals surface area (Å²) >= 11 is 6.13. The minimum Gasteiger partial charge on any atom is -0.478 e. The zero-order valence-electron chi connectivity index (χ0n) is 17.6. The third-order valence-electron chi connectivity index (χ3n) is 4.57. The number of halogens is 2. The minimum atomic E-state index is -3.04. The first-order valence-corrected chi connectivity index (χ1v) is 11.0. The molecule has 0 aliphatic carbocycles. The van der Waals surface area contributed by atoms with Crippen LogP contribution in [-0.4, -0.2) is 56.3 Å². The number of carboxylic acids is 2. The summed E-state index contributed by atoms with van der Waals surface area (Å²) in [4.78, 5) is 48.9. The van der Waals surface area contributed by atoms with Crippen molar-refractivity contribution in [2.24, 2.45) is 0 Å². The maximum atomic E-state index is 12.8. The lowest BCUT2D eigenvalue weighted by Crippen LogP contribution is -2.31. The molecule has 35 heavy (non-hydrogen) atoms. The monoisotopic (exact) mass is 522 g/mol. The topological polar surface area (TPSA) is 133 Å². The van der Waals surface area contributed by atoms with Crippen molar-refractivity contribution in [3.05, 3.63) is 64.1 Å². The Balaban J connectivity index is 1.68. The summed E-state index contributed by atoms with van der Waals surface area (Å²) in [6, 6.07) is 9.08. The van der Waals surface area contributed by atoms with Gasteiger partial charge in [0.2, 0.25) is 5.91 Å². The number of para-hydroxylation sites is 1. The molecule has 0 bridgehead atoms. The second kappa shape index (κ2) is 11.1. The van der Waals surface area contributed by atoms with Crippen LogP contribution in [0.1, 0.15) is 32.7 Å². The molecule has 1 aliphatic rings. The van der Waals surface area contributed by atoms with Gasteiger partial charge in [0.1, 0.15) is 10.1 Å². The van der Waals surface area contributed by atoms with Crippen molar-refractivity contribution in [1.82, 2.24) is 4.90 Å². The van der Waals surface area contributed by atoms with Crippen LogP contribution < -0.4 is 10.1 Å². The zero-order chi connectivity index (χ0) is 25.7. The smallest absolute Gasteiger partial charge is 0.387 e. The molecule has 2 amide bonds. The van der Waals surface area contributed by atoms with E-state index in [1.54, 1.807) is 6.07 Å². The van der Waals surface area contributed by atoms with Crippen molar-refractivity contribution in [3.63, 3.8) is 0 Å². The summed E-state index contributed by atoms with van der Waals surface area (Å²) in [7, 11) is 0. The number of nitrogens with zero attached hydrogens (tertiary/aromatic N) is 1. The Morgan fingerprint density at radius 3 is 2.34 bits per heavy atom. The fourth-order valence-electron chi connectivity index (χ4n) is 3.02. The molecule has 3 rings (SSSR count). The molecule has 13 heteroatoms. The third kappa shape index (κ3) is 6.61. The van der Waals surface area contributed by atoms with Crippen molar-refractivity contribution in [2.75, 3.05) is 11.9 Å². The van der Waals surface area contributed by atoms with E-state index in [2.05, 4.69) is 10.1 Å². The molecule has 1 fully saturated rings. The Hall–Kier alpha value is -3.84. The van der Waals surface area contributed by atoms with Gasteiger partial charge >= 0.3 is 18.6 Å². The van der Waals surface area contributed by atoms with Crippen LogP contribution in [0.2, 0.25) is 0 Å². The molecule has 3 N–H and O–H groups in total. The average Bonchev–Trinajstić information content (AvgIpc) is 3.05. The molecule has 2 aromatic rings. The molecule has 182 valence electrons. The predicted octanol–water partition coefficient (Wildman–Crippen LogP) is 3.91. The van der Waals surface area contributed by atoms with Crippen LogP contribution in [-0.2, 0) is 9.59 Å². The summed E-state index contributed by atoms with van der Waals surface area (Å²) in [6.45, 7) is -3.16. The number of alkyl halides is 2. The number of rotatable bonds is 9. The Morgan fingerprint density at radius 2 is 1.74 bits per heavy atom. The van der Waals surface area contributed by atoms with E-state index in [1.807, 2.05) is 0 Å². The fourth-order valence-corrected chi connectivity index (χ4v) is 4.32. The molecule has 1 aliphatic heterocycles. The van der Waals surface area contributed by atoms with Gasteiger partial charge in [0, 0.05) is 24.2 Å². The van der Waals surface area contributed by atoms with Crippen LogP contribution in [0.5, 0.6) is 5.75 Å². The molecular formula is C22H16F2N2O7S2. The number of carbonyl (C=O) groups excluding carboxylic acids is 2. The molecule has 0 saturated carbocycles. The van der Waals surface area contributed by atoms with E-state index < -0.39 is 30.4 Å². The zero-order valence-corrected chi connectivity index (χ0v) is 19.2. The van der Waals surface area contributed by atoms with Crippen molar-refractivity contribution >= 4 is 63.8 Å². The van der Waals surface area contributed by atoms with Crippen LogP contribution in [0.3, 0.4) is 0 Å². The summed E-state index contributed by atoms with van der Waals surface area (Å²) < 4.78 is 29.9. The van der Waals surface area contributed by atoms with E-state index in [9.17, 15) is 28.0 Å². The fraction of sp³-hybridized carbons (Fsp3) is 0.136. The molecule has 2 aromatic carbocycles. The number of hydrogen-bond donors (Lipinski definition) is 3. The van der Waals surface area contributed by atoms with Crippen molar-refractivity contribution < 1.29 is 42.9 Å². The van der Waals surface area contributed by atoms with E-state index in [-0.39, 0.29) is 50.3 Å². The number of carboxylic acid groups (broad SMARTS) is 2. The normalized spacial score (nSPS) is 14.5. The van der Waals surface area contributed by atoms with Crippen molar-refractivity contribution in [2.45, 2.75) is 13.0 Å². The molecule has 0 spiro atoms. The summed E-state index contributed by atoms with van der Waals surface area (Å²) in [5.74, 6) is -3.99. The lowest BCUT2D eigenvalue weighted by molar-refractivity contribution is -0.122. The highest BCUT2D eigenvalue weighted by Gasteiger charge is 2.32. The molecule has 0 atom stereocenters. The number of aromatic carboxylic acids is 2. The number of ether oxygens (including phenoxy) is 1. The van der Waals surface area contributed by atoms with Gasteiger partial charge in [-0.15, -0.1) is 0 Å². The molecule has 9 nitrogen and oxygen atoms in total. The molecule has 1 saturated heterocycles. The van der Waals surface area contributed by atoms with E-state index in [1.165, 1.54) is 29.2 Å². The van der Waals surface area contributed by atoms with Gasteiger partial charge in [0.25, 0.3) is 5.91 Å². The first-order chi connectivity index (χ1) is 16.5. The third-order valence-corrected chi connectivity index (χ3v) is 5.95. The largest absolute Gasteiger partial charge is 0.478 e. The number of amides is 2. The maximum Gasteiger partial charge on any atom is 0.387 e. The number of thioether (sulfide) groups is 1. The van der Waals surface area contributed by atoms with Crippen molar-refractivity contribution in [1.29, 1.82) is 0 Å². The summed E-state index contributed by atoms with van der Waals surface area (Å²) in [5.41, 5.74) is -0.427. The van der Waals surface area contributed by atoms with Gasteiger partial charge in [-0.05, 0) is 30.3 Å². The quantitative estimate of drug-likeness (QED) is 0.331. The van der Waals surface area contributed by atoms with Crippen LogP contribution in [0.15, 0.2) is 47.4 Å². The highest BCUT2D eigenvalue weighted by atomic mass is 32.2. The Morgan fingerprint density at radius 1 is 1.11 bits per heavy atom. The number of nitrogens with one attached hydrogen (secondary N) is 1.